The van der Waals surface area contributed by atoms with E-state index in [2.05, 4.69) is 21.4 Å². The first-order chi connectivity index (χ1) is 11.8. The molecule has 0 radical (unpaired) electrons. The zero-order valence-corrected chi connectivity index (χ0v) is 14.4. The van der Waals surface area contributed by atoms with E-state index in [1.54, 1.807) is 23.7 Å². The molecule has 5 heteroatoms. The zero-order valence-electron chi connectivity index (χ0n) is 13.5. The van der Waals surface area contributed by atoms with Gasteiger partial charge in [-0.05, 0) is 67.4 Å². The smallest absolute Gasteiger partial charge is 0.127 e. The minimum absolute atomic E-state index is 0.307. The Morgan fingerprint density at radius 2 is 2.17 bits per heavy atom. The summed E-state index contributed by atoms with van der Waals surface area (Å²) in [6.07, 6.45) is 7.55. The Kier molecular flexibility index (Phi) is 4.45. The number of piperidine rings is 1. The topological polar surface area (TPSA) is 58.0 Å². The molecular formula is C19H21N3OS. The van der Waals surface area contributed by atoms with E-state index in [-0.39, 0.29) is 0 Å². The molecule has 0 spiro atoms. The van der Waals surface area contributed by atoms with Crippen LogP contribution in [0.15, 0.2) is 36.0 Å². The predicted octanol–water partition coefficient (Wildman–Crippen LogP) is 4.14. The number of nitrogens with one attached hydrogen (secondary N) is 1. The number of hydrogen-bond acceptors (Lipinski definition) is 5. The highest BCUT2D eigenvalue weighted by Gasteiger charge is 2.14. The molecule has 24 heavy (non-hydrogen) atoms. The third kappa shape index (κ3) is 3.28. The first-order valence-corrected chi connectivity index (χ1v) is 9.42. The normalized spacial score (nSPS) is 18.1. The van der Waals surface area contributed by atoms with Crippen molar-refractivity contribution >= 4 is 21.6 Å². The molecule has 0 unspecified atom stereocenters. The van der Waals surface area contributed by atoms with Gasteiger partial charge < -0.3 is 10.4 Å². The number of aromatic hydroxyl groups is 1. The van der Waals surface area contributed by atoms with E-state index >= 15 is 0 Å². The minimum Gasteiger partial charge on any atom is -0.508 e. The Morgan fingerprint density at radius 3 is 3.04 bits per heavy atom. The molecule has 0 amide bonds. The monoisotopic (exact) mass is 339 g/mol. The maximum atomic E-state index is 10.2. The van der Waals surface area contributed by atoms with Gasteiger partial charge in [0.2, 0.25) is 0 Å². The second kappa shape index (κ2) is 6.87. The summed E-state index contributed by atoms with van der Waals surface area (Å²) in [6.45, 7) is 1.13. The summed E-state index contributed by atoms with van der Waals surface area (Å²) in [6, 6.07) is 8.47. The lowest BCUT2D eigenvalue weighted by molar-refractivity contribution is 0.382. The number of phenolic OH excluding ortho intramolecular Hbond substituents is 1. The van der Waals surface area contributed by atoms with E-state index in [1.165, 1.54) is 24.8 Å². The van der Waals surface area contributed by atoms with Gasteiger partial charge in [0.1, 0.15) is 16.9 Å². The molecule has 3 heterocycles. The third-order valence-corrected chi connectivity index (χ3v) is 5.53. The molecule has 1 aliphatic heterocycles. The van der Waals surface area contributed by atoms with Crippen LogP contribution in [0.25, 0.3) is 21.5 Å². The maximum Gasteiger partial charge on any atom is 0.127 e. The van der Waals surface area contributed by atoms with Gasteiger partial charge in [-0.1, -0.05) is 6.42 Å². The SMILES string of the molecule is Oc1cc(CC[C@@H]2CCCCN2)cc(-c2ncnc3sccc23)c1. The van der Waals surface area contributed by atoms with Crippen molar-refractivity contribution in [2.45, 2.75) is 38.1 Å². The summed E-state index contributed by atoms with van der Waals surface area (Å²) in [4.78, 5) is 9.74. The van der Waals surface area contributed by atoms with Crippen molar-refractivity contribution in [2.75, 3.05) is 6.54 Å². The molecule has 4 rings (SSSR count). The molecular weight excluding hydrogens is 318 g/mol. The van der Waals surface area contributed by atoms with Crippen molar-refractivity contribution in [3.05, 3.63) is 41.5 Å². The molecule has 1 saturated heterocycles. The maximum absolute atomic E-state index is 10.2. The van der Waals surface area contributed by atoms with Crippen molar-refractivity contribution in [3.8, 4) is 17.0 Å². The van der Waals surface area contributed by atoms with Crippen LogP contribution in [-0.4, -0.2) is 27.7 Å². The zero-order chi connectivity index (χ0) is 16.4. The van der Waals surface area contributed by atoms with Crippen LogP contribution >= 0.6 is 11.3 Å². The summed E-state index contributed by atoms with van der Waals surface area (Å²) in [5.41, 5.74) is 3.03. The standard InChI is InChI=1S/C19H21N3OS/c23-16-10-13(4-5-15-3-1-2-7-20-15)9-14(11-16)18-17-6-8-24-19(17)22-12-21-18/h6,8-12,15,20,23H,1-5,7H2/t15-/m0/s1. The second-order valence-corrected chi connectivity index (χ2v) is 7.33. The summed E-state index contributed by atoms with van der Waals surface area (Å²) in [7, 11) is 0. The second-order valence-electron chi connectivity index (χ2n) is 6.44. The number of aromatic nitrogens is 2. The molecule has 4 nitrogen and oxygen atoms in total. The van der Waals surface area contributed by atoms with Crippen LogP contribution in [0.2, 0.25) is 0 Å². The van der Waals surface area contributed by atoms with Crippen molar-refractivity contribution in [2.24, 2.45) is 0 Å². The molecule has 2 aromatic heterocycles. The minimum atomic E-state index is 0.307. The van der Waals surface area contributed by atoms with Gasteiger partial charge in [-0.25, -0.2) is 9.97 Å². The van der Waals surface area contributed by atoms with Gasteiger partial charge in [-0.15, -0.1) is 11.3 Å². The van der Waals surface area contributed by atoms with Gasteiger partial charge >= 0.3 is 0 Å². The number of benzene rings is 1. The molecule has 1 aliphatic rings. The van der Waals surface area contributed by atoms with E-state index in [1.807, 2.05) is 17.5 Å². The fraction of sp³-hybridized carbons (Fsp3) is 0.368. The van der Waals surface area contributed by atoms with E-state index in [9.17, 15) is 5.11 Å². The van der Waals surface area contributed by atoms with Gasteiger partial charge in [-0.2, -0.15) is 0 Å². The fourth-order valence-corrected chi connectivity index (χ4v) is 4.22. The van der Waals surface area contributed by atoms with Crippen LogP contribution in [0.4, 0.5) is 0 Å². The molecule has 1 aromatic carbocycles. The van der Waals surface area contributed by atoms with Gasteiger partial charge in [0, 0.05) is 17.0 Å². The largest absolute Gasteiger partial charge is 0.508 e. The van der Waals surface area contributed by atoms with Crippen molar-refractivity contribution in [3.63, 3.8) is 0 Å². The van der Waals surface area contributed by atoms with E-state index < -0.39 is 0 Å². The van der Waals surface area contributed by atoms with Crippen LogP contribution < -0.4 is 5.32 Å². The van der Waals surface area contributed by atoms with Crippen LogP contribution in [0.3, 0.4) is 0 Å². The summed E-state index contributed by atoms with van der Waals surface area (Å²) >= 11 is 1.61. The van der Waals surface area contributed by atoms with E-state index in [4.69, 9.17) is 0 Å². The van der Waals surface area contributed by atoms with E-state index in [0.29, 0.717) is 11.8 Å². The van der Waals surface area contributed by atoms with Gasteiger partial charge in [0.25, 0.3) is 0 Å². The van der Waals surface area contributed by atoms with Gasteiger partial charge in [0.05, 0.1) is 5.69 Å². The Bertz CT molecular complexity index is 839. The first kappa shape index (κ1) is 15.5. The van der Waals surface area contributed by atoms with Gasteiger partial charge in [-0.3, -0.25) is 0 Å². The van der Waals surface area contributed by atoms with Crippen LogP contribution in [-0.2, 0) is 6.42 Å². The molecule has 0 aliphatic carbocycles. The number of hydrogen-bond donors (Lipinski definition) is 2. The highest BCUT2D eigenvalue weighted by molar-refractivity contribution is 7.16. The Hall–Kier alpha value is -1.98. The van der Waals surface area contributed by atoms with Crippen LogP contribution in [0.1, 0.15) is 31.2 Å². The quantitative estimate of drug-likeness (QED) is 0.750. The van der Waals surface area contributed by atoms with Crippen LogP contribution in [0, 0.1) is 0 Å². The van der Waals surface area contributed by atoms with Crippen LogP contribution in [0.5, 0.6) is 5.75 Å². The lowest BCUT2D eigenvalue weighted by atomic mass is 9.96. The lowest BCUT2D eigenvalue weighted by Crippen LogP contribution is -2.34. The number of fused-ring (bicyclic) bond motifs is 1. The number of aryl methyl sites for hydroxylation is 1. The highest BCUT2D eigenvalue weighted by Crippen LogP contribution is 2.31. The highest BCUT2D eigenvalue weighted by atomic mass is 32.1. The molecule has 3 aromatic rings. The first-order valence-electron chi connectivity index (χ1n) is 8.54. The van der Waals surface area contributed by atoms with Crippen molar-refractivity contribution < 1.29 is 5.11 Å². The lowest BCUT2D eigenvalue weighted by Gasteiger charge is -2.23. The molecule has 2 N–H and O–H groups in total. The Morgan fingerprint density at radius 1 is 1.21 bits per heavy atom. The number of phenols is 1. The summed E-state index contributed by atoms with van der Waals surface area (Å²) in [5, 5.41) is 16.8. The van der Waals surface area contributed by atoms with Crippen molar-refractivity contribution in [1.29, 1.82) is 0 Å². The van der Waals surface area contributed by atoms with Gasteiger partial charge in [0.15, 0.2) is 0 Å². The molecule has 0 bridgehead atoms. The average molecular weight is 339 g/mol. The molecule has 1 fully saturated rings. The Labute approximate surface area is 145 Å². The van der Waals surface area contributed by atoms with Crippen molar-refractivity contribution in [1.82, 2.24) is 15.3 Å². The average Bonchev–Trinajstić information content (AvgIpc) is 3.09. The number of nitrogens with zero attached hydrogens (tertiary/aromatic N) is 2. The summed E-state index contributed by atoms with van der Waals surface area (Å²) < 4.78 is 0. The summed E-state index contributed by atoms with van der Waals surface area (Å²) in [5.74, 6) is 0.307. The number of rotatable bonds is 4. The molecule has 1 atom stereocenters. The van der Waals surface area contributed by atoms with E-state index in [0.717, 1.165) is 40.9 Å². The third-order valence-electron chi connectivity index (χ3n) is 4.71. The fourth-order valence-electron chi connectivity index (χ4n) is 3.49. The molecule has 124 valence electrons. The predicted molar refractivity (Wildman–Crippen MR) is 98.5 cm³/mol. The Balaban J connectivity index is 1.60. The molecule has 0 saturated carbocycles. The number of thiophene rings is 1.